The first kappa shape index (κ1) is 20.1. The summed E-state index contributed by atoms with van der Waals surface area (Å²) in [4.78, 5) is 31.2. The number of hydrogen-bond donors (Lipinski definition) is 1. The number of carbonyl (C=O) groups excluding carboxylic acids is 2. The first-order chi connectivity index (χ1) is 15.5. The van der Waals surface area contributed by atoms with Crippen LogP contribution >= 0.6 is 11.6 Å². The summed E-state index contributed by atoms with van der Waals surface area (Å²) in [6.45, 7) is 0.0109. The van der Waals surface area contributed by atoms with E-state index in [0.29, 0.717) is 22.1 Å². The highest BCUT2D eigenvalue weighted by atomic mass is 35.5. The lowest BCUT2D eigenvalue weighted by molar-refractivity contribution is -0.121. The minimum absolute atomic E-state index is 0.0109. The van der Waals surface area contributed by atoms with E-state index in [1.807, 2.05) is 40.9 Å². The Morgan fingerprint density at radius 3 is 2.78 bits per heavy atom. The number of ether oxygens (including phenoxy) is 1. The topological polar surface area (TPSA) is 75.9 Å². The number of likely N-dealkylation sites (N-methyl/N-ethyl adjacent to an activating group) is 1. The highest BCUT2D eigenvalue weighted by Crippen LogP contribution is 2.34. The van der Waals surface area contributed by atoms with Gasteiger partial charge in [0.2, 0.25) is 5.91 Å². The molecule has 1 aliphatic rings. The highest BCUT2D eigenvalue weighted by molar-refractivity contribution is 6.30. The van der Waals surface area contributed by atoms with Gasteiger partial charge in [-0.15, -0.1) is 0 Å². The number of halogens is 1. The summed E-state index contributed by atoms with van der Waals surface area (Å²) in [5.74, 6) is 0.271. The molecule has 32 heavy (non-hydrogen) atoms. The normalized spacial score (nSPS) is 13.1. The second kappa shape index (κ2) is 8.01. The van der Waals surface area contributed by atoms with Crippen LogP contribution in [-0.2, 0) is 16.0 Å². The molecule has 8 heteroatoms. The monoisotopic (exact) mass is 446 g/mol. The van der Waals surface area contributed by atoms with Crippen LogP contribution in [0.3, 0.4) is 0 Å². The van der Waals surface area contributed by atoms with Gasteiger partial charge in [0.1, 0.15) is 11.4 Å². The van der Waals surface area contributed by atoms with E-state index in [0.717, 1.165) is 22.6 Å². The fourth-order valence-electron chi connectivity index (χ4n) is 3.76. The average Bonchev–Trinajstić information content (AvgIpc) is 3.15. The minimum atomic E-state index is -0.198. The zero-order chi connectivity index (χ0) is 22.2. The molecule has 1 N–H and O–H groups in total. The third-order valence-corrected chi connectivity index (χ3v) is 5.66. The molecule has 0 saturated carbocycles. The number of nitrogens with one attached hydrogen (secondary N) is 1. The standard InChI is InChI=1S/C24H19ClN4O3/c1-28-18-12-17(9-10-20(18)32-14-23(28)31)26-22(30)13-19-24(15-5-7-16(25)8-6-15)27-21-4-2-3-11-29(19)21/h2-12H,13-14H2,1H3,(H,26,30). The van der Waals surface area contributed by atoms with Gasteiger partial charge < -0.3 is 19.4 Å². The van der Waals surface area contributed by atoms with Crippen LogP contribution in [0.5, 0.6) is 5.75 Å². The van der Waals surface area contributed by atoms with Crippen molar-refractivity contribution in [1.29, 1.82) is 0 Å². The van der Waals surface area contributed by atoms with Crippen molar-refractivity contribution in [3.05, 3.63) is 77.6 Å². The summed E-state index contributed by atoms with van der Waals surface area (Å²) in [5, 5.41) is 3.56. The Bertz CT molecular complexity index is 1350. The fourth-order valence-corrected chi connectivity index (χ4v) is 3.89. The Labute approximate surface area is 189 Å². The molecular weight excluding hydrogens is 428 g/mol. The largest absolute Gasteiger partial charge is 0.482 e. The molecule has 3 heterocycles. The molecule has 2 amide bonds. The molecule has 4 aromatic rings. The van der Waals surface area contributed by atoms with Crippen molar-refractivity contribution >= 4 is 40.4 Å². The van der Waals surface area contributed by atoms with Crippen molar-refractivity contribution in [1.82, 2.24) is 9.38 Å². The predicted octanol–water partition coefficient (Wildman–Crippen LogP) is 4.19. The van der Waals surface area contributed by atoms with Crippen LogP contribution in [-0.4, -0.2) is 34.9 Å². The molecule has 7 nitrogen and oxygen atoms in total. The van der Waals surface area contributed by atoms with Crippen molar-refractivity contribution in [2.45, 2.75) is 6.42 Å². The first-order valence-electron chi connectivity index (χ1n) is 10.0. The van der Waals surface area contributed by atoms with Crippen molar-refractivity contribution in [3.63, 3.8) is 0 Å². The molecule has 2 aromatic heterocycles. The average molecular weight is 447 g/mol. The number of fused-ring (bicyclic) bond motifs is 2. The molecule has 0 saturated heterocycles. The van der Waals surface area contributed by atoms with E-state index in [9.17, 15) is 9.59 Å². The summed E-state index contributed by atoms with van der Waals surface area (Å²) in [5.41, 5.74) is 4.34. The quantitative estimate of drug-likeness (QED) is 0.510. The van der Waals surface area contributed by atoms with Gasteiger partial charge in [0.25, 0.3) is 5.91 Å². The molecule has 160 valence electrons. The van der Waals surface area contributed by atoms with E-state index in [1.165, 1.54) is 4.90 Å². The molecular formula is C24H19ClN4O3. The number of hydrogen-bond acceptors (Lipinski definition) is 4. The molecule has 2 aromatic carbocycles. The van der Waals surface area contributed by atoms with Gasteiger partial charge in [-0.1, -0.05) is 29.8 Å². The number of aromatic nitrogens is 2. The number of carbonyl (C=O) groups is 2. The molecule has 0 bridgehead atoms. The molecule has 0 unspecified atom stereocenters. The second-order valence-electron chi connectivity index (χ2n) is 7.49. The van der Waals surface area contributed by atoms with Gasteiger partial charge >= 0.3 is 0 Å². The van der Waals surface area contributed by atoms with E-state index < -0.39 is 0 Å². The fraction of sp³-hybridized carbons (Fsp3) is 0.125. The third kappa shape index (κ3) is 3.67. The van der Waals surface area contributed by atoms with Crippen LogP contribution in [0.4, 0.5) is 11.4 Å². The third-order valence-electron chi connectivity index (χ3n) is 5.40. The number of imidazole rings is 1. The van der Waals surface area contributed by atoms with Gasteiger partial charge in [0.15, 0.2) is 6.61 Å². The maximum absolute atomic E-state index is 13.0. The number of nitrogens with zero attached hydrogens (tertiary/aromatic N) is 3. The van der Waals surface area contributed by atoms with Gasteiger partial charge in [-0.3, -0.25) is 9.59 Å². The lowest BCUT2D eigenvalue weighted by Gasteiger charge is -2.26. The Kier molecular flexibility index (Phi) is 5.03. The van der Waals surface area contributed by atoms with Gasteiger partial charge in [-0.2, -0.15) is 0 Å². The van der Waals surface area contributed by atoms with E-state index in [4.69, 9.17) is 21.3 Å². The molecule has 1 aliphatic heterocycles. The Morgan fingerprint density at radius 2 is 1.97 bits per heavy atom. The maximum atomic E-state index is 13.0. The number of benzene rings is 2. The molecule has 5 rings (SSSR count). The molecule has 0 atom stereocenters. The van der Waals surface area contributed by atoms with Crippen molar-refractivity contribution in [2.75, 3.05) is 23.9 Å². The molecule has 0 radical (unpaired) electrons. The van der Waals surface area contributed by atoms with Gasteiger partial charge in [-0.25, -0.2) is 4.98 Å². The second-order valence-corrected chi connectivity index (χ2v) is 7.93. The minimum Gasteiger partial charge on any atom is -0.482 e. The summed E-state index contributed by atoms with van der Waals surface area (Å²) in [6, 6.07) is 18.3. The van der Waals surface area contributed by atoms with Crippen LogP contribution in [0, 0.1) is 0 Å². The van der Waals surface area contributed by atoms with Crippen molar-refractivity contribution in [3.8, 4) is 17.0 Å². The smallest absolute Gasteiger partial charge is 0.264 e. The highest BCUT2D eigenvalue weighted by Gasteiger charge is 2.23. The van der Waals surface area contributed by atoms with E-state index in [-0.39, 0.29) is 24.8 Å². The summed E-state index contributed by atoms with van der Waals surface area (Å²) >= 11 is 6.04. The van der Waals surface area contributed by atoms with E-state index >= 15 is 0 Å². The van der Waals surface area contributed by atoms with Crippen LogP contribution in [0.25, 0.3) is 16.9 Å². The van der Waals surface area contributed by atoms with Crippen molar-refractivity contribution < 1.29 is 14.3 Å². The van der Waals surface area contributed by atoms with Gasteiger partial charge in [0.05, 0.1) is 23.5 Å². The van der Waals surface area contributed by atoms with Crippen molar-refractivity contribution in [2.24, 2.45) is 0 Å². The Morgan fingerprint density at radius 1 is 1.16 bits per heavy atom. The zero-order valence-corrected chi connectivity index (χ0v) is 18.0. The van der Waals surface area contributed by atoms with E-state index in [2.05, 4.69) is 5.32 Å². The molecule has 0 aliphatic carbocycles. The predicted molar refractivity (Wildman–Crippen MR) is 123 cm³/mol. The molecule has 0 fully saturated rings. The number of rotatable bonds is 4. The molecule has 0 spiro atoms. The van der Waals surface area contributed by atoms with Gasteiger partial charge in [0, 0.05) is 29.5 Å². The first-order valence-corrected chi connectivity index (χ1v) is 10.4. The number of amides is 2. The van der Waals surface area contributed by atoms with Crippen LogP contribution in [0.2, 0.25) is 5.02 Å². The number of anilines is 2. The Balaban J connectivity index is 1.45. The number of pyridine rings is 1. The van der Waals surface area contributed by atoms with Gasteiger partial charge in [-0.05, 0) is 42.5 Å². The maximum Gasteiger partial charge on any atom is 0.264 e. The van der Waals surface area contributed by atoms with Crippen LogP contribution in [0.1, 0.15) is 5.69 Å². The zero-order valence-electron chi connectivity index (χ0n) is 17.2. The van der Waals surface area contributed by atoms with Crippen LogP contribution < -0.4 is 15.0 Å². The Hall–Kier alpha value is -3.84. The lowest BCUT2D eigenvalue weighted by atomic mass is 10.1. The SMILES string of the molecule is CN1C(=O)COc2ccc(NC(=O)Cc3c(-c4ccc(Cl)cc4)nc4ccccn34)cc21. The lowest BCUT2D eigenvalue weighted by Crippen LogP contribution is -2.35. The summed E-state index contributed by atoms with van der Waals surface area (Å²) < 4.78 is 7.36. The van der Waals surface area contributed by atoms with E-state index in [1.54, 1.807) is 37.4 Å². The summed E-state index contributed by atoms with van der Waals surface area (Å²) in [7, 11) is 1.69. The van der Waals surface area contributed by atoms with Crippen LogP contribution in [0.15, 0.2) is 66.9 Å². The summed E-state index contributed by atoms with van der Waals surface area (Å²) in [6.07, 6.45) is 2.01.